The summed E-state index contributed by atoms with van der Waals surface area (Å²) in [7, 11) is 5.49. The summed E-state index contributed by atoms with van der Waals surface area (Å²) in [5.41, 5.74) is 0.00991. The molecule has 0 aliphatic heterocycles. The van der Waals surface area contributed by atoms with Crippen LogP contribution in [0.15, 0.2) is 33.9 Å². The van der Waals surface area contributed by atoms with Gasteiger partial charge in [0.05, 0.1) is 24.0 Å². The summed E-state index contributed by atoms with van der Waals surface area (Å²) >= 11 is 0. The monoisotopic (exact) mass is 307 g/mol. The number of fused-ring (bicyclic) bond motifs is 1. The number of halogens is 1. The van der Waals surface area contributed by atoms with Gasteiger partial charge in [-0.25, -0.2) is 9.36 Å². The average Bonchev–Trinajstić information content (AvgIpc) is 2.44. The van der Waals surface area contributed by atoms with Crippen LogP contribution in [0.1, 0.15) is 0 Å². The van der Waals surface area contributed by atoms with Crippen LogP contribution < -0.4 is 11.2 Å². The van der Waals surface area contributed by atoms with Crippen molar-refractivity contribution in [1.29, 1.82) is 0 Å². The van der Waals surface area contributed by atoms with Gasteiger partial charge in [0.1, 0.15) is 0 Å². The minimum absolute atomic E-state index is 0. The predicted octanol–water partition coefficient (Wildman–Crippen LogP) is 0.687. The molecule has 0 unspecified atom stereocenters. The lowest BCUT2D eigenvalue weighted by atomic mass is 10.2. The molecule has 0 fully saturated rings. The van der Waals surface area contributed by atoms with Crippen LogP contribution in [0.4, 0.5) is 0 Å². The summed E-state index contributed by atoms with van der Waals surface area (Å²) < 4.78 is 2.65. The largest absolute Gasteiger partial charge is 0.332 e. The van der Waals surface area contributed by atoms with Crippen molar-refractivity contribution < 1.29 is 0 Å². The maximum atomic E-state index is 12.3. The van der Waals surface area contributed by atoms with Crippen LogP contribution in [0.5, 0.6) is 0 Å². The van der Waals surface area contributed by atoms with Crippen molar-refractivity contribution in [2.45, 2.75) is 6.54 Å². The SMILES string of the molecule is CN(C)CC#CCn1c(=O)c2ccccc2n(C)c1=O.Cl. The lowest BCUT2D eigenvalue weighted by Crippen LogP contribution is -2.38. The van der Waals surface area contributed by atoms with E-state index in [1.807, 2.05) is 25.1 Å². The Balaban J connectivity index is 0.00000220. The first-order chi connectivity index (χ1) is 9.52. The molecule has 1 aromatic carbocycles. The third-order valence-corrected chi connectivity index (χ3v) is 3.02. The molecule has 0 atom stereocenters. The van der Waals surface area contributed by atoms with E-state index in [-0.39, 0.29) is 30.2 Å². The number of benzene rings is 1. The first-order valence-electron chi connectivity index (χ1n) is 6.31. The first-order valence-corrected chi connectivity index (χ1v) is 6.31. The van der Waals surface area contributed by atoms with Gasteiger partial charge in [-0.3, -0.25) is 14.3 Å². The Morgan fingerprint density at radius 2 is 1.81 bits per heavy atom. The average molecular weight is 308 g/mol. The molecule has 0 saturated carbocycles. The smallest absolute Gasteiger partial charge is 0.299 e. The number of rotatable bonds is 2. The van der Waals surface area contributed by atoms with Crippen molar-refractivity contribution in [3.05, 3.63) is 45.1 Å². The van der Waals surface area contributed by atoms with Crippen LogP contribution in [0.25, 0.3) is 10.9 Å². The van der Waals surface area contributed by atoms with Gasteiger partial charge in [-0.15, -0.1) is 12.4 Å². The molecule has 0 aliphatic rings. The second kappa shape index (κ2) is 7.11. The number of nitrogens with zero attached hydrogens (tertiary/aromatic N) is 3. The number of hydrogen-bond donors (Lipinski definition) is 0. The Morgan fingerprint density at radius 1 is 1.14 bits per heavy atom. The number of aryl methyl sites for hydroxylation is 1. The highest BCUT2D eigenvalue weighted by Gasteiger charge is 2.08. The standard InChI is InChI=1S/C15H17N3O2.ClH/c1-16(2)10-6-7-11-18-14(19)12-8-4-5-9-13(12)17(3)15(18)20;/h4-5,8-9H,10-11H2,1-3H3;1H. The van der Waals surface area contributed by atoms with E-state index in [2.05, 4.69) is 11.8 Å². The van der Waals surface area contributed by atoms with Crippen molar-refractivity contribution in [3.63, 3.8) is 0 Å². The predicted molar refractivity (Wildman–Crippen MR) is 87.0 cm³/mol. The van der Waals surface area contributed by atoms with Crippen LogP contribution in [0, 0.1) is 11.8 Å². The molecule has 0 N–H and O–H groups in total. The zero-order valence-corrected chi connectivity index (χ0v) is 13.1. The molecule has 2 aromatic rings. The Hall–Kier alpha value is -2.03. The Labute approximate surface area is 129 Å². The molecular weight excluding hydrogens is 290 g/mol. The molecule has 2 rings (SSSR count). The summed E-state index contributed by atoms with van der Waals surface area (Å²) in [5, 5.41) is 0.531. The molecule has 0 radical (unpaired) electrons. The van der Waals surface area contributed by atoms with E-state index in [0.717, 1.165) is 0 Å². The fraction of sp³-hybridized carbons (Fsp3) is 0.333. The van der Waals surface area contributed by atoms with Gasteiger partial charge in [-0.1, -0.05) is 24.0 Å². The van der Waals surface area contributed by atoms with Crippen LogP contribution in [-0.2, 0) is 13.6 Å². The normalized spacial score (nSPS) is 10.1. The molecule has 1 heterocycles. The number of aromatic nitrogens is 2. The summed E-state index contributed by atoms with van der Waals surface area (Å²) in [5.74, 6) is 5.79. The first kappa shape index (κ1) is 17.0. The van der Waals surface area contributed by atoms with Crippen molar-refractivity contribution in [2.75, 3.05) is 20.6 Å². The minimum Gasteiger partial charge on any atom is -0.299 e. The van der Waals surface area contributed by atoms with Crippen molar-refractivity contribution in [2.24, 2.45) is 7.05 Å². The highest BCUT2D eigenvalue weighted by Crippen LogP contribution is 2.05. The molecule has 1 aromatic heterocycles. The van der Waals surface area contributed by atoms with E-state index in [1.54, 1.807) is 25.2 Å². The molecule has 0 aliphatic carbocycles. The summed E-state index contributed by atoms with van der Waals surface area (Å²) in [6, 6.07) is 7.08. The molecule has 6 heteroatoms. The van der Waals surface area contributed by atoms with Gasteiger partial charge in [0, 0.05) is 7.05 Å². The quantitative estimate of drug-likeness (QED) is 0.767. The van der Waals surface area contributed by atoms with Gasteiger partial charge in [0.2, 0.25) is 0 Å². The molecule has 0 amide bonds. The fourth-order valence-electron chi connectivity index (χ4n) is 1.95. The van der Waals surface area contributed by atoms with E-state index in [0.29, 0.717) is 17.4 Å². The lowest BCUT2D eigenvalue weighted by molar-refractivity contribution is 0.463. The number of para-hydroxylation sites is 1. The van der Waals surface area contributed by atoms with Crippen LogP contribution in [0.2, 0.25) is 0 Å². The van der Waals surface area contributed by atoms with E-state index in [4.69, 9.17) is 0 Å². The Morgan fingerprint density at radius 3 is 2.48 bits per heavy atom. The van der Waals surface area contributed by atoms with Crippen LogP contribution >= 0.6 is 12.4 Å². The molecule has 5 nitrogen and oxygen atoms in total. The molecular formula is C15H18ClN3O2. The van der Waals surface area contributed by atoms with E-state index in [9.17, 15) is 9.59 Å². The molecule has 0 bridgehead atoms. The number of hydrogen-bond acceptors (Lipinski definition) is 3. The minimum atomic E-state index is -0.340. The lowest BCUT2D eigenvalue weighted by Gasteiger charge is -2.08. The summed E-state index contributed by atoms with van der Waals surface area (Å²) in [6.07, 6.45) is 0. The Bertz CT molecular complexity index is 809. The van der Waals surface area contributed by atoms with Gasteiger partial charge >= 0.3 is 5.69 Å². The van der Waals surface area contributed by atoms with Gasteiger partial charge in [0.15, 0.2) is 0 Å². The van der Waals surface area contributed by atoms with Gasteiger partial charge in [-0.2, -0.15) is 0 Å². The molecule has 0 spiro atoms. The third kappa shape index (κ3) is 3.54. The van der Waals surface area contributed by atoms with E-state index in [1.165, 1.54) is 9.13 Å². The van der Waals surface area contributed by atoms with Gasteiger partial charge in [0.25, 0.3) is 5.56 Å². The van der Waals surface area contributed by atoms with Crippen molar-refractivity contribution >= 4 is 23.3 Å². The zero-order valence-electron chi connectivity index (χ0n) is 12.3. The van der Waals surface area contributed by atoms with Crippen LogP contribution in [-0.4, -0.2) is 34.7 Å². The topological polar surface area (TPSA) is 47.2 Å². The summed E-state index contributed by atoms with van der Waals surface area (Å²) in [6.45, 7) is 0.715. The summed E-state index contributed by atoms with van der Waals surface area (Å²) in [4.78, 5) is 26.4. The van der Waals surface area contributed by atoms with Gasteiger partial charge < -0.3 is 0 Å². The van der Waals surface area contributed by atoms with Crippen molar-refractivity contribution in [1.82, 2.24) is 14.0 Å². The van der Waals surface area contributed by atoms with Gasteiger partial charge in [-0.05, 0) is 26.2 Å². The maximum absolute atomic E-state index is 12.3. The Kier molecular flexibility index (Phi) is 5.77. The highest BCUT2D eigenvalue weighted by atomic mass is 35.5. The fourth-order valence-corrected chi connectivity index (χ4v) is 1.95. The molecule has 112 valence electrons. The maximum Gasteiger partial charge on any atom is 0.332 e. The second-order valence-corrected chi connectivity index (χ2v) is 4.84. The van der Waals surface area contributed by atoms with Crippen LogP contribution in [0.3, 0.4) is 0 Å². The third-order valence-electron chi connectivity index (χ3n) is 3.02. The second-order valence-electron chi connectivity index (χ2n) is 4.84. The van der Waals surface area contributed by atoms with Crippen molar-refractivity contribution in [3.8, 4) is 11.8 Å². The molecule has 21 heavy (non-hydrogen) atoms. The highest BCUT2D eigenvalue weighted by molar-refractivity contribution is 5.85. The van der Waals surface area contributed by atoms with E-state index < -0.39 is 0 Å². The molecule has 0 saturated heterocycles. The van der Waals surface area contributed by atoms with E-state index >= 15 is 0 Å². The zero-order chi connectivity index (χ0) is 14.7.